The lowest BCUT2D eigenvalue weighted by Crippen LogP contribution is -2.19. The number of aromatic nitrogens is 4. The number of thiazole rings is 1. The van der Waals surface area contributed by atoms with Crippen molar-refractivity contribution in [3.63, 3.8) is 0 Å². The van der Waals surface area contributed by atoms with Gasteiger partial charge >= 0.3 is 0 Å². The van der Waals surface area contributed by atoms with E-state index in [1.807, 2.05) is 36.6 Å². The van der Waals surface area contributed by atoms with Gasteiger partial charge in [-0.05, 0) is 42.1 Å². The SMILES string of the molecule is Cc1ccc(-c2n[nH]c(=S)n2CC(=O)Nc2nc(-c3ccc(C(C)C)cc3C(C)C)cs2)cc1. The minimum atomic E-state index is -0.203. The van der Waals surface area contributed by atoms with Crippen LogP contribution in [0.5, 0.6) is 0 Å². The third-order valence-corrected chi connectivity index (χ3v) is 6.83. The van der Waals surface area contributed by atoms with Gasteiger partial charge in [-0.2, -0.15) is 5.10 Å². The lowest BCUT2D eigenvalue weighted by molar-refractivity contribution is -0.116. The van der Waals surface area contributed by atoms with Crippen molar-refractivity contribution in [2.24, 2.45) is 0 Å². The Morgan fingerprint density at radius 3 is 2.53 bits per heavy atom. The lowest BCUT2D eigenvalue weighted by atomic mass is 9.90. The summed E-state index contributed by atoms with van der Waals surface area (Å²) >= 11 is 6.79. The molecular weight excluding hydrogens is 462 g/mol. The van der Waals surface area contributed by atoms with Crippen LogP contribution in [0.4, 0.5) is 5.13 Å². The van der Waals surface area contributed by atoms with Gasteiger partial charge in [-0.1, -0.05) is 75.7 Å². The van der Waals surface area contributed by atoms with Crippen LogP contribution in [0, 0.1) is 11.7 Å². The molecule has 1 amide bonds. The minimum Gasteiger partial charge on any atom is -0.300 e. The number of anilines is 1. The molecule has 0 saturated carbocycles. The summed E-state index contributed by atoms with van der Waals surface area (Å²) in [6, 6.07) is 14.5. The summed E-state index contributed by atoms with van der Waals surface area (Å²) in [5.74, 6) is 1.27. The number of amides is 1. The van der Waals surface area contributed by atoms with Crippen molar-refractivity contribution in [1.82, 2.24) is 19.7 Å². The Bertz CT molecular complexity index is 1360. The Kier molecular flexibility index (Phi) is 7.09. The van der Waals surface area contributed by atoms with Crippen molar-refractivity contribution in [2.45, 2.75) is 53.0 Å². The van der Waals surface area contributed by atoms with Gasteiger partial charge in [0.05, 0.1) is 5.69 Å². The Balaban J connectivity index is 1.53. The maximum absolute atomic E-state index is 12.9. The Morgan fingerprint density at radius 2 is 1.85 bits per heavy atom. The predicted molar refractivity (Wildman–Crippen MR) is 142 cm³/mol. The Hall–Kier alpha value is -3.10. The van der Waals surface area contributed by atoms with Crippen molar-refractivity contribution < 1.29 is 4.79 Å². The second kappa shape index (κ2) is 10.0. The molecule has 176 valence electrons. The summed E-state index contributed by atoms with van der Waals surface area (Å²) in [6.45, 7) is 10.9. The van der Waals surface area contributed by atoms with Crippen LogP contribution in [-0.4, -0.2) is 25.7 Å². The van der Waals surface area contributed by atoms with E-state index >= 15 is 0 Å². The number of carbonyl (C=O) groups is 1. The molecule has 0 spiro atoms. The van der Waals surface area contributed by atoms with E-state index in [1.165, 1.54) is 22.5 Å². The number of rotatable bonds is 7. The normalized spacial score (nSPS) is 11.4. The van der Waals surface area contributed by atoms with E-state index in [0.717, 1.165) is 22.4 Å². The summed E-state index contributed by atoms with van der Waals surface area (Å²) in [4.78, 5) is 17.6. The fraction of sp³-hybridized carbons (Fsp3) is 0.308. The zero-order chi connectivity index (χ0) is 24.4. The van der Waals surface area contributed by atoms with Crippen molar-refractivity contribution in [2.75, 3.05) is 5.32 Å². The van der Waals surface area contributed by atoms with E-state index in [0.29, 0.717) is 27.6 Å². The number of hydrogen-bond acceptors (Lipinski definition) is 5. The highest BCUT2D eigenvalue weighted by molar-refractivity contribution is 7.71. The van der Waals surface area contributed by atoms with Crippen molar-refractivity contribution in [3.05, 3.63) is 69.3 Å². The van der Waals surface area contributed by atoms with E-state index in [9.17, 15) is 4.79 Å². The standard InChI is InChI=1S/C26H29N5OS2/c1-15(2)19-10-11-20(21(12-19)16(3)4)22-14-34-25(27-22)28-23(32)13-31-24(29-30-26(31)33)18-8-6-17(5)7-9-18/h6-12,14-16H,13H2,1-5H3,(H,30,33)(H,27,28,32). The molecule has 0 radical (unpaired) electrons. The molecule has 0 atom stereocenters. The molecule has 0 unspecified atom stereocenters. The first-order valence-corrected chi connectivity index (χ1v) is 12.6. The number of carbonyl (C=O) groups excluding carboxylic acids is 1. The third kappa shape index (κ3) is 5.18. The molecule has 2 heterocycles. The van der Waals surface area contributed by atoms with Gasteiger partial charge in [0.2, 0.25) is 5.91 Å². The molecule has 0 fully saturated rings. The highest BCUT2D eigenvalue weighted by atomic mass is 32.1. The van der Waals surface area contributed by atoms with Crippen LogP contribution in [0.3, 0.4) is 0 Å². The van der Waals surface area contributed by atoms with E-state index in [-0.39, 0.29) is 12.5 Å². The van der Waals surface area contributed by atoms with Gasteiger partial charge in [-0.15, -0.1) is 11.3 Å². The molecule has 0 aliphatic carbocycles. The van der Waals surface area contributed by atoms with Gasteiger partial charge < -0.3 is 5.32 Å². The van der Waals surface area contributed by atoms with Crippen molar-refractivity contribution in [3.8, 4) is 22.6 Å². The van der Waals surface area contributed by atoms with E-state index in [2.05, 4.69) is 61.4 Å². The lowest BCUT2D eigenvalue weighted by Gasteiger charge is -2.15. The van der Waals surface area contributed by atoms with E-state index in [4.69, 9.17) is 17.2 Å². The summed E-state index contributed by atoms with van der Waals surface area (Å²) in [7, 11) is 0. The number of H-pyrrole nitrogens is 1. The maximum atomic E-state index is 12.9. The van der Waals surface area contributed by atoms with Gasteiger partial charge in [-0.3, -0.25) is 14.5 Å². The van der Waals surface area contributed by atoms with Crippen LogP contribution in [-0.2, 0) is 11.3 Å². The smallest absolute Gasteiger partial charge is 0.246 e. The molecule has 8 heteroatoms. The van der Waals surface area contributed by atoms with E-state index < -0.39 is 0 Å². The molecule has 2 N–H and O–H groups in total. The molecule has 0 bridgehead atoms. The summed E-state index contributed by atoms with van der Waals surface area (Å²) in [5, 5.41) is 12.6. The van der Waals surface area contributed by atoms with Crippen LogP contribution in [0.2, 0.25) is 0 Å². The Labute approximate surface area is 209 Å². The highest BCUT2D eigenvalue weighted by Gasteiger charge is 2.16. The monoisotopic (exact) mass is 491 g/mol. The quantitative estimate of drug-likeness (QED) is 0.275. The average molecular weight is 492 g/mol. The minimum absolute atomic E-state index is 0.0494. The number of nitrogens with one attached hydrogen (secondary N) is 2. The van der Waals surface area contributed by atoms with Gasteiger partial charge in [0, 0.05) is 16.5 Å². The van der Waals surface area contributed by atoms with Crippen LogP contribution >= 0.6 is 23.6 Å². The summed E-state index contributed by atoms with van der Waals surface area (Å²) in [5.41, 5.74) is 6.61. The van der Waals surface area contributed by atoms with E-state index in [1.54, 1.807) is 4.57 Å². The first-order chi connectivity index (χ1) is 16.2. The molecule has 6 nitrogen and oxygen atoms in total. The van der Waals surface area contributed by atoms with Gasteiger partial charge in [-0.25, -0.2) is 4.98 Å². The molecule has 4 rings (SSSR count). The zero-order valence-corrected chi connectivity index (χ0v) is 21.7. The second-order valence-electron chi connectivity index (χ2n) is 9.05. The predicted octanol–water partition coefficient (Wildman–Crippen LogP) is 6.93. The number of benzene rings is 2. The third-order valence-electron chi connectivity index (χ3n) is 5.76. The van der Waals surface area contributed by atoms with Crippen LogP contribution in [0.1, 0.15) is 56.2 Å². The number of hydrogen-bond donors (Lipinski definition) is 2. The molecule has 0 aliphatic rings. The van der Waals surface area contributed by atoms with Gasteiger partial charge in [0.1, 0.15) is 6.54 Å². The van der Waals surface area contributed by atoms with Crippen molar-refractivity contribution >= 4 is 34.6 Å². The molecular formula is C26H29N5OS2. The molecule has 34 heavy (non-hydrogen) atoms. The first kappa shape index (κ1) is 24.0. The molecule has 0 aliphatic heterocycles. The van der Waals surface area contributed by atoms with Gasteiger partial charge in [0.15, 0.2) is 15.7 Å². The largest absolute Gasteiger partial charge is 0.300 e. The number of aromatic amines is 1. The molecule has 2 aromatic heterocycles. The second-order valence-corrected chi connectivity index (χ2v) is 10.3. The number of aryl methyl sites for hydroxylation is 1. The highest BCUT2D eigenvalue weighted by Crippen LogP contribution is 2.33. The maximum Gasteiger partial charge on any atom is 0.246 e. The van der Waals surface area contributed by atoms with Crippen LogP contribution < -0.4 is 5.32 Å². The zero-order valence-electron chi connectivity index (χ0n) is 20.0. The number of nitrogens with zero attached hydrogens (tertiary/aromatic N) is 3. The molecule has 0 saturated heterocycles. The van der Waals surface area contributed by atoms with Crippen molar-refractivity contribution in [1.29, 1.82) is 0 Å². The van der Waals surface area contributed by atoms with Gasteiger partial charge in [0.25, 0.3) is 0 Å². The van der Waals surface area contributed by atoms with Crippen LogP contribution in [0.15, 0.2) is 47.8 Å². The average Bonchev–Trinajstić information content (AvgIpc) is 3.40. The summed E-state index contributed by atoms with van der Waals surface area (Å²) in [6.07, 6.45) is 0. The molecule has 4 aromatic rings. The van der Waals surface area contributed by atoms with Crippen LogP contribution in [0.25, 0.3) is 22.6 Å². The Morgan fingerprint density at radius 1 is 1.12 bits per heavy atom. The summed E-state index contributed by atoms with van der Waals surface area (Å²) < 4.78 is 2.10. The topological polar surface area (TPSA) is 75.6 Å². The molecule has 2 aromatic carbocycles. The first-order valence-electron chi connectivity index (χ1n) is 11.3. The fourth-order valence-corrected chi connectivity index (χ4v) is 4.72. The fourth-order valence-electron chi connectivity index (χ4n) is 3.80.